The number of halogens is 1. The van der Waals surface area contributed by atoms with Crippen molar-refractivity contribution in [3.63, 3.8) is 0 Å². The topological polar surface area (TPSA) is 42.2 Å². The molecule has 1 atom stereocenters. The Hall–Kier alpha value is -2.79. The summed E-state index contributed by atoms with van der Waals surface area (Å²) in [5.74, 6) is 0.879. The smallest absolute Gasteiger partial charge is 0.258 e. The molecule has 0 bridgehead atoms. The van der Waals surface area contributed by atoms with Gasteiger partial charge in [-0.25, -0.2) is 4.39 Å². The first-order valence-corrected chi connectivity index (χ1v) is 10.5. The van der Waals surface area contributed by atoms with Gasteiger partial charge < -0.3 is 9.42 Å². The largest absolute Gasteiger partial charge is 0.334 e. The van der Waals surface area contributed by atoms with Gasteiger partial charge >= 0.3 is 0 Å². The second-order valence-corrected chi connectivity index (χ2v) is 8.40. The highest BCUT2D eigenvalue weighted by Gasteiger charge is 2.30. The minimum absolute atomic E-state index is 0.172. The number of rotatable bonds is 5. The molecule has 156 valence electrons. The number of hydrogen-bond donors (Lipinski definition) is 0. The molecule has 0 amide bonds. The highest BCUT2D eigenvalue weighted by atomic mass is 19.1. The van der Waals surface area contributed by atoms with Crippen molar-refractivity contribution in [3.05, 3.63) is 88.8 Å². The molecule has 4 rings (SSSR count). The van der Waals surface area contributed by atoms with Crippen molar-refractivity contribution in [2.45, 2.75) is 38.6 Å². The maximum Gasteiger partial charge on any atom is 0.258 e. The third kappa shape index (κ3) is 4.36. The van der Waals surface area contributed by atoms with Crippen molar-refractivity contribution < 1.29 is 8.91 Å². The lowest BCUT2D eigenvalue weighted by Gasteiger charge is -2.36. The summed E-state index contributed by atoms with van der Waals surface area (Å²) in [7, 11) is 4.16. The van der Waals surface area contributed by atoms with Gasteiger partial charge in [0.2, 0.25) is 0 Å². The van der Waals surface area contributed by atoms with E-state index in [1.165, 1.54) is 23.5 Å². The predicted octanol–water partition coefficient (Wildman–Crippen LogP) is 5.81. The number of hydrogen-bond acceptors (Lipinski definition) is 4. The van der Waals surface area contributed by atoms with Gasteiger partial charge in [-0.2, -0.15) is 4.98 Å². The van der Waals surface area contributed by atoms with Crippen LogP contribution in [0.15, 0.2) is 65.0 Å². The highest BCUT2D eigenvalue weighted by Crippen LogP contribution is 2.42. The van der Waals surface area contributed by atoms with Crippen LogP contribution in [0.3, 0.4) is 0 Å². The zero-order valence-electron chi connectivity index (χ0n) is 17.8. The summed E-state index contributed by atoms with van der Waals surface area (Å²) in [6.07, 6.45) is 5.48. The average molecular weight is 406 g/mol. The molecule has 2 aromatic carbocycles. The molecule has 1 aliphatic carbocycles. The molecule has 1 unspecified atom stereocenters. The van der Waals surface area contributed by atoms with E-state index in [9.17, 15) is 4.39 Å². The van der Waals surface area contributed by atoms with Crippen molar-refractivity contribution in [2.75, 3.05) is 14.1 Å². The van der Waals surface area contributed by atoms with Crippen molar-refractivity contribution >= 4 is 5.57 Å². The fourth-order valence-corrected chi connectivity index (χ4v) is 4.80. The summed E-state index contributed by atoms with van der Waals surface area (Å²) < 4.78 is 19.3. The lowest BCUT2D eigenvalue weighted by molar-refractivity contribution is 0.183. The van der Waals surface area contributed by atoms with Gasteiger partial charge in [0.05, 0.1) is 0 Å². The first-order valence-electron chi connectivity index (χ1n) is 10.5. The van der Waals surface area contributed by atoms with Gasteiger partial charge in [0.15, 0.2) is 6.33 Å². The van der Waals surface area contributed by atoms with E-state index < -0.39 is 0 Å². The minimum Gasteiger partial charge on any atom is -0.334 e. The second kappa shape index (κ2) is 8.92. The SMILES string of the molecule is Cc1cccc(C(=C2CCC(C(c3cccc(F)c3)N(C)C)CC2)c2ncno2)c1. The van der Waals surface area contributed by atoms with Crippen LogP contribution in [-0.2, 0) is 0 Å². The lowest BCUT2D eigenvalue weighted by Crippen LogP contribution is -2.29. The van der Waals surface area contributed by atoms with Gasteiger partial charge in [0, 0.05) is 11.6 Å². The van der Waals surface area contributed by atoms with Crippen LogP contribution in [0.25, 0.3) is 5.57 Å². The molecule has 1 aromatic heterocycles. The van der Waals surface area contributed by atoms with E-state index in [-0.39, 0.29) is 11.9 Å². The third-order valence-electron chi connectivity index (χ3n) is 6.06. The highest BCUT2D eigenvalue weighted by molar-refractivity contribution is 5.78. The molecule has 1 heterocycles. The number of allylic oxidation sites excluding steroid dienone is 1. The van der Waals surface area contributed by atoms with Gasteiger partial charge in [0.1, 0.15) is 5.82 Å². The minimum atomic E-state index is -0.172. The molecular formula is C25H28FN3O. The van der Waals surface area contributed by atoms with E-state index in [4.69, 9.17) is 4.52 Å². The van der Waals surface area contributed by atoms with Crippen LogP contribution in [0.1, 0.15) is 54.3 Å². The summed E-state index contributed by atoms with van der Waals surface area (Å²) >= 11 is 0. The molecule has 4 nitrogen and oxygen atoms in total. The van der Waals surface area contributed by atoms with E-state index in [0.717, 1.165) is 42.4 Å². The Morgan fingerprint density at radius 3 is 2.50 bits per heavy atom. The molecule has 3 aromatic rings. The summed E-state index contributed by atoms with van der Waals surface area (Å²) in [6.45, 7) is 2.09. The number of aryl methyl sites for hydroxylation is 1. The summed E-state index contributed by atoms with van der Waals surface area (Å²) in [6, 6.07) is 15.7. The van der Waals surface area contributed by atoms with Crippen LogP contribution < -0.4 is 0 Å². The molecule has 0 saturated heterocycles. The predicted molar refractivity (Wildman–Crippen MR) is 116 cm³/mol. The van der Waals surface area contributed by atoms with Crippen LogP contribution in [0.2, 0.25) is 0 Å². The van der Waals surface area contributed by atoms with Gasteiger partial charge in [-0.05, 0) is 75.9 Å². The summed E-state index contributed by atoms with van der Waals surface area (Å²) in [5, 5.41) is 3.84. The molecule has 30 heavy (non-hydrogen) atoms. The fraction of sp³-hybridized carbons (Fsp3) is 0.360. The van der Waals surface area contributed by atoms with Gasteiger partial charge in [0.25, 0.3) is 5.89 Å². The van der Waals surface area contributed by atoms with Gasteiger partial charge in [-0.1, -0.05) is 52.7 Å². The van der Waals surface area contributed by atoms with E-state index in [2.05, 4.69) is 60.3 Å². The maximum atomic E-state index is 13.9. The Kier molecular flexibility index (Phi) is 6.09. The maximum absolute atomic E-state index is 13.9. The Balaban J connectivity index is 1.63. The lowest BCUT2D eigenvalue weighted by atomic mass is 9.76. The summed E-state index contributed by atoms with van der Waals surface area (Å²) in [4.78, 5) is 6.57. The van der Waals surface area contributed by atoms with E-state index in [1.54, 1.807) is 12.1 Å². The van der Waals surface area contributed by atoms with Crippen molar-refractivity contribution in [2.24, 2.45) is 5.92 Å². The fourth-order valence-electron chi connectivity index (χ4n) is 4.80. The van der Waals surface area contributed by atoms with Crippen LogP contribution in [-0.4, -0.2) is 29.1 Å². The Morgan fingerprint density at radius 1 is 1.10 bits per heavy atom. The third-order valence-corrected chi connectivity index (χ3v) is 6.06. The van der Waals surface area contributed by atoms with Crippen molar-refractivity contribution in [3.8, 4) is 0 Å². The van der Waals surface area contributed by atoms with Gasteiger partial charge in [-0.15, -0.1) is 0 Å². The van der Waals surface area contributed by atoms with E-state index in [0.29, 0.717) is 11.8 Å². The molecule has 0 N–H and O–H groups in total. The van der Waals surface area contributed by atoms with Crippen molar-refractivity contribution in [1.29, 1.82) is 0 Å². The molecule has 1 fully saturated rings. The van der Waals surface area contributed by atoms with Crippen LogP contribution in [0, 0.1) is 18.7 Å². The Bertz CT molecular complexity index is 1020. The van der Waals surface area contributed by atoms with Gasteiger partial charge in [-0.3, -0.25) is 0 Å². The van der Waals surface area contributed by atoms with Crippen LogP contribution in [0.5, 0.6) is 0 Å². The molecule has 0 aliphatic heterocycles. The Labute approximate surface area is 177 Å². The normalized spacial score (nSPS) is 17.9. The first kappa shape index (κ1) is 20.5. The molecule has 0 radical (unpaired) electrons. The molecular weight excluding hydrogens is 377 g/mol. The number of aromatic nitrogens is 2. The van der Waals surface area contributed by atoms with Crippen LogP contribution >= 0.6 is 0 Å². The standard InChI is InChI=1S/C25H28FN3O/c1-17-6-4-7-20(14-17)23(25-27-16-28-30-25)18-10-12-19(13-11-18)24(29(2)3)21-8-5-9-22(26)15-21/h4-9,14-16,19,24H,10-13H2,1-3H3. The zero-order valence-corrected chi connectivity index (χ0v) is 17.8. The van der Waals surface area contributed by atoms with E-state index >= 15 is 0 Å². The second-order valence-electron chi connectivity index (χ2n) is 8.40. The Morgan fingerprint density at radius 2 is 1.87 bits per heavy atom. The quantitative estimate of drug-likeness (QED) is 0.537. The zero-order chi connectivity index (χ0) is 21.1. The monoisotopic (exact) mass is 405 g/mol. The number of benzene rings is 2. The molecule has 0 spiro atoms. The first-order chi connectivity index (χ1) is 14.5. The number of nitrogens with zero attached hydrogens (tertiary/aromatic N) is 3. The average Bonchev–Trinajstić information content (AvgIpc) is 3.24. The van der Waals surface area contributed by atoms with Crippen molar-refractivity contribution in [1.82, 2.24) is 15.0 Å². The van der Waals surface area contributed by atoms with E-state index in [1.807, 2.05) is 6.07 Å². The molecule has 1 aliphatic rings. The summed E-state index contributed by atoms with van der Waals surface area (Å²) in [5.41, 5.74) is 5.81. The molecule has 1 saturated carbocycles. The molecule has 5 heteroatoms. The van der Waals surface area contributed by atoms with Crippen LogP contribution in [0.4, 0.5) is 4.39 Å².